The highest BCUT2D eigenvalue weighted by Gasteiger charge is 2.40. The van der Waals surface area contributed by atoms with Crippen LogP contribution in [0.5, 0.6) is 5.75 Å². The molecule has 4 rings (SSSR count). The number of aromatic nitrogens is 1. The molecule has 0 bridgehead atoms. The van der Waals surface area contributed by atoms with E-state index in [0.717, 1.165) is 50.0 Å². The maximum atomic E-state index is 14.1. The lowest BCUT2D eigenvalue weighted by molar-refractivity contribution is -0.139. The van der Waals surface area contributed by atoms with Crippen molar-refractivity contribution in [1.29, 1.82) is 0 Å². The summed E-state index contributed by atoms with van der Waals surface area (Å²) in [6, 6.07) is 5.84. The number of rotatable bonds is 26. The zero-order chi connectivity index (χ0) is 37.7. The van der Waals surface area contributed by atoms with Gasteiger partial charge >= 0.3 is 0 Å². The van der Waals surface area contributed by atoms with E-state index in [1.807, 2.05) is 4.90 Å². The van der Waals surface area contributed by atoms with E-state index in [1.165, 1.54) is 11.3 Å². The molecule has 296 valence electrons. The molecule has 53 heavy (non-hydrogen) atoms. The highest BCUT2D eigenvalue weighted by Crippen LogP contribution is 2.36. The van der Waals surface area contributed by atoms with E-state index < -0.39 is 12.1 Å². The zero-order valence-corrected chi connectivity index (χ0v) is 32.2. The fraction of sp³-hybridized carbons (Fsp3) is 0.684. The van der Waals surface area contributed by atoms with Gasteiger partial charge in [0.1, 0.15) is 29.1 Å². The van der Waals surface area contributed by atoms with Gasteiger partial charge in [0.15, 0.2) is 0 Å². The molecule has 2 amide bonds. The molecule has 14 nitrogen and oxygen atoms in total. The van der Waals surface area contributed by atoms with Gasteiger partial charge in [-0.2, -0.15) is 0 Å². The Kier molecular flexibility index (Phi) is 19.7. The minimum absolute atomic E-state index is 0.0513. The van der Waals surface area contributed by atoms with Crippen molar-refractivity contribution in [2.24, 2.45) is 11.7 Å². The van der Waals surface area contributed by atoms with Crippen molar-refractivity contribution in [2.45, 2.75) is 70.0 Å². The largest absolute Gasteiger partial charge is 0.491 e. The van der Waals surface area contributed by atoms with Crippen molar-refractivity contribution in [2.75, 3.05) is 92.8 Å². The minimum atomic E-state index is -0.568. The van der Waals surface area contributed by atoms with Gasteiger partial charge in [0.05, 0.1) is 78.2 Å². The van der Waals surface area contributed by atoms with Crippen LogP contribution in [0.25, 0.3) is 0 Å². The summed E-state index contributed by atoms with van der Waals surface area (Å²) in [5, 5.41) is 8.56. The third-order valence-electron chi connectivity index (χ3n) is 9.43. The number of nitrogens with zero attached hydrogens (tertiary/aromatic N) is 2. The van der Waals surface area contributed by atoms with Crippen molar-refractivity contribution in [3.05, 3.63) is 45.9 Å². The number of nitrogens with one attached hydrogen (secondary N) is 2. The van der Waals surface area contributed by atoms with E-state index in [0.29, 0.717) is 103 Å². The van der Waals surface area contributed by atoms with E-state index in [1.54, 1.807) is 43.6 Å². The fourth-order valence-electron chi connectivity index (χ4n) is 6.43. The molecule has 15 heteroatoms. The first-order valence-electron chi connectivity index (χ1n) is 19.0. The summed E-state index contributed by atoms with van der Waals surface area (Å²) in [5.74, 6) is 0.242. The average Bonchev–Trinajstić information content (AvgIpc) is 3.88. The predicted molar refractivity (Wildman–Crippen MR) is 201 cm³/mol. The second kappa shape index (κ2) is 24.4. The van der Waals surface area contributed by atoms with Crippen LogP contribution in [0.4, 0.5) is 0 Å². The number of amides is 2. The van der Waals surface area contributed by atoms with E-state index in [-0.39, 0.29) is 29.6 Å². The van der Waals surface area contributed by atoms with Gasteiger partial charge in [-0.1, -0.05) is 31.4 Å². The molecule has 1 aromatic heterocycles. The number of hydrogen-bond donors (Lipinski definition) is 3. The van der Waals surface area contributed by atoms with Crippen LogP contribution in [0, 0.1) is 5.92 Å². The highest BCUT2D eigenvalue weighted by atomic mass is 32.1. The topological polar surface area (TPSA) is 173 Å². The predicted octanol–water partition coefficient (Wildman–Crippen LogP) is 3.13. The first kappa shape index (κ1) is 42.7. The number of nitrogens with two attached hydrogens (primary N) is 1. The molecular formula is C38H59N5O9S. The Morgan fingerprint density at radius 3 is 2.11 bits per heavy atom. The Labute approximate surface area is 317 Å². The molecule has 1 unspecified atom stereocenters. The summed E-state index contributed by atoms with van der Waals surface area (Å²) in [4.78, 5) is 47.1. The Morgan fingerprint density at radius 1 is 0.868 bits per heavy atom. The molecule has 3 atom stereocenters. The van der Waals surface area contributed by atoms with Gasteiger partial charge in [0, 0.05) is 24.0 Å². The summed E-state index contributed by atoms with van der Waals surface area (Å²) in [7, 11) is 1.74. The summed E-state index contributed by atoms with van der Waals surface area (Å²) < 4.78 is 33.1. The van der Waals surface area contributed by atoms with Crippen LogP contribution in [-0.4, -0.2) is 132 Å². The van der Waals surface area contributed by atoms with Crippen molar-refractivity contribution in [3.8, 4) is 5.75 Å². The van der Waals surface area contributed by atoms with Crippen LogP contribution in [-0.2, 0) is 33.3 Å². The molecule has 1 saturated carbocycles. The van der Waals surface area contributed by atoms with Crippen molar-refractivity contribution >= 4 is 28.9 Å². The van der Waals surface area contributed by atoms with Crippen LogP contribution < -0.4 is 21.1 Å². The van der Waals surface area contributed by atoms with Gasteiger partial charge in [0.25, 0.3) is 0 Å². The first-order valence-corrected chi connectivity index (χ1v) is 19.9. The second-order valence-corrected chi connectivity index (χ2v) is 14.1. The first-order chi connectivity index (χ1) is 25.9. The SMILES string of the molecule is CN[C@@H](C)C(=O)NC(C(=O)N1CCC[C@H]1c1nc(C(=O)c2cccc(OCCOCCOCCOCCOCCOCCN)c2)cs1)C1CCCCC1. The molecule has 1 aliphatic heterocycles. The minimum Gasteiger partial charge on any atom is -0.491 e. The quantitative estimate of drug-likeness (QED) is 0.0947. The monoisotopic (exact) mass is 761 g/mol. The highest BCUT2D eigenvalue weighted by molar-refractivity contribution is 7.10. The average molecular weight is 762 g/mol. The number of carbonyl (C=O) groups excluding carboxylic acids is 3. The number of thiazole rings is 1. The lowest BCUT2D eigenvalue weighted by atomic mass is 9.83. The second-order valence-electron chi connectivity index (χ2n) is 13.2. The van der Waals surface area contributed by atoms with Crippen LogP contribution in [0.1, 0.15) is 79.0 Å². The van der Waals surface area contributed by atoms with Crippen molar-refractivity contribution < 1.29 is 42.8 Å². The summed E-state index contributed by atoms with van der Waals surface area (Å²) in [5.41, 5.74) is 6.17. The Morgan fingerprint density at radius 2 is 1.49 bits per heavy atom. The van der Waals surface area contributed by atoms with Gasteiger partial charge in [0.2, 0.25) is 17.6 Å². The van der Waals surface area contributed by atoms with Gasteiger partial charge in [-0.3, -0.25) is 14.4 Å². The normalized spacial score (nSPS) is 17.5. The number of ether oxygens (including phenoxy) is 6. The molecule has 2 aliphatic rings. The molecule has 2 heterocycles. The van der Waals surface area contributed by atoms with Gasteiger partial charge in [-0.15, -0.1) is 11.3 Å². The van der Waals surface area contributed by atoms with E-state index in [9.17, 15) is 14.4 Å². The number of hydrogen-bond acceptors (Lipinski definition) is 13. The zero-order valence-electron chi connectivity index (χ0n) is 31.4. The Bertz CT molecular complexity index is 1380. The summed E-state index contributed by atoms with van der Waals surface area (Å²) in [6.07, 6.45) is 6.73. The lowest BCUT2D eigenvalue weighted by Crippen LogP contribution is -2.55. The van der Waals surface area contributed by atoms with Crippen molar-refractivity contribution in [3.63, 3.8) is 0 Å². The maximum absolute atomic E-state index is 14.1. The molecule has 1 aromatic carbocycles. The third-order valence-corrected chi connectivity index (χ3v) is 10.4. The number of ketones is 1. The maximum Gasteiger partial charge on any atom is 0.246 e. The lowest BCUT2D eigenvalue weighted by Gasteiger charge is -2.35. The molecule has 1 aliphatic carbocycles. The van der Waals surface area contributed by atoms with Gasteiger partial charge in [-0.25, -0.2) is 4.98 Å². The van der Waals surface area contributed by atoms with Gasteiger partial charge < -0.3 is 49.7 Å². The Balaban J connectivity index is 1.18. The van der Waals surface area contributed by atoms with E-state index >= 15 is 0 Å². The van der Waals surface area contributed by atoms with Gasteiger partial charge in [-0.05, 0) is 57.7 Å². The number of likely N-dealkylation sites (N-methyl/N-ethyl adjacent to an activating group) is 1. The molecule has 1 saturated heterocycles. The summed E-state index contributed by atoms with van der Waals surface area (Å²) in [6.45, 7) is 7.99. The van der Waals surface area contributed by atoms with E-state index in [4.69, 9.17) is 39.1 Å². The van der Waals surface area contributed by atoms with Crippen molar-refractivity contribution in [1.82, 2.24) is 20.5 Å². The number of likely N-dealkylation sites (tertiary alicyclic amines) is 1. The molecule has 0 spiro atoms. The fourth-order valence-corrected chi connectivity index (χ4v) is 7.37. The standard InChI is InChI=1S/C38H59N5O9S/c1-28(40-2)36(45)42-34(29-8-4-3-5-9-29)38(46)43-14-7-12-33(43)37-41-32(27-53-37)35(44)30-10-6-11-31(26-30)52-25-24-51-23-22-50-21-20-49-19-18-48-17-16-47-15-13-39/h6,10-11,26-29,33-34,40H,3-5,7-9,12-25,39H2,1-2H3,(H,42,45)/t28-,33-,34?/m0/s1. The number of benzene rings is 1. The molecule has 2 fully saturated rings. The Hall–Kier alpha value is -3.02. The smallest absolute Gasteiger partial charge is 0.246 e. The molecule has 2 aromatic rings. The molecule has 4 N–H and O–H groups in total. The van der Waals surface area contributed by atoms with Crippen LogP contribution in [0.3, 0.4) is 0 Å². The third kappa shape index (κ3) is 14.3. The number of carbonyl (C=O) groups is 3. The summed E-state index contributed by atoms with van der Waals surface area (Å²) >= 11 is 1.40. The van der Waals surface area contributed by atoms with Crippen LogP contribution >= 0.6 is 11.3 Å². The van der Waals surface area contributed by atoms with E-state index in [2.05, 4.69) is 10.6 Å². The molecular weight excluding hydrogens is 703 g/mol. The molecule has 0 radical (unpaired) electrons. The van der Waals surface area contributed by atoms with Crippen LogP contribution in [0.2, 0.25) is 0 Å². The van der Waals surface area contributed by atoms with Crippen LogP contribution in [0.15, 0.2) is 29.6 Å².